The molecule has 8 heteroatoms. The SMILES string of the molecule is C[C@H](C(=O)Nc1ccc(F)cc1Cl)[NH+]1CC[NH+](Cc2ccc(Cl)s2)CC1. The van der Waals surface area contributed by atoms with Gasteiger partial charge in [-0.2, -0.15) is 0 Å². The van der Waals surface area contributed by atoms with Gasteiger partial charge in [0.15, 0.2) is 6.04 Å². The predicted octanol–water partition coefficient (Wildman–Crippen LogP) is 1.50. The van der Waals surface area contributed by atoms with E-state index in [2.05, 4.69) is 11.4 Å². The van der Waals surface area contributed by atoms with Crippen LogP contribution in [0.5, 0.6) is 0 Å². The Hall–Kier alpha value is -1.18. The number of halogens is 3. The molecule has 0 aliphatic carbocycles. The van der Waals surface area contributed by atoms with E-state index in [1.165, 1.54) is 32.9 Å². The Morgan fingerprint density at radius 2 is 1.96 bits per heavy atom. The normalized spacial score (nSPS) is 21.4. The number of nitrogens with one attached hydrogen (secondary N) is 3. The summed E-state index contributed by atoms with van der Waals surface area (Å²) in [6, 6.07) is 7.82. The summed E-state index contributed by atoms with van der Waals surface area (Å²) in [4.78, 5) is 16.6. The van der Waals surface area contributed by atoms with Crippen molar-refractivity contribution in [3.63, 3.8) is 0 Å². The third kappa shape index (κ3) is 4.96. The van der Waals surface area contributed by atoms with E-state index in [0.717, 1.165) is 37.1 Å². The molecular formula is C18H22Cl2FN3OS+2. The van der Waals surface area contributed by atoms with Crippen LogP contribution in [0.4, 0.5) is 10.1 Å². The van der Waals surface area contributed by atoms with Crippen molar-refractivity contribution in [1.29, 1.82) is 0 Å². The number of hydrogen-bond acceptors (Lipinski definition) is 2. The molecule has 0 bridgehead atoms. The minimum absolute atomic E-state index is 0.0954. The number of quaternary nitrogens is 2. The highest BCUT2D eigenvalue weighted by atomic mass is 35.5. The van der Waals surface area contributed by atoms with E-state index in [0.29, 0.717) is 5.69 Å². The molecule has 4 nitrogen and oxygen atoms in total. The minimum atomic E-state index is -0.419. The van der Waals surface area contributed by atoms with Gasteiger partial charge in [0.25, 0.3) is 5.91 Å². The number of piperazine rings is 1. The van der Waals surface area contributed by atoms with Gasteiger partial charge in [-0.15, -0.1) is 11.3 Å². The number of benzene rings is 1. The standard InChI is InChI=1S/C18H20Cl2FN3OS/c1-12(18(25)22-16-4-2-13(21)10-15(16)19)24-8-6-23(7-9-24)11-14-3-5-17(20)26-14/h2-5,10,12H,6-9,11H2,1H3,(H,22,25)/p+2/t12-/m1/s1. The van der Waals surface area contributed by atoms with Gasteiger partial charge in [0.1, 0.15) is 38.5 Å². The molecule has 3 N–H and O–H groups in total. The van der Waals surface area contributed by atoms with Crippen LogP contribution in [0, 0.1) is 5.82 Å². The zero-order chi connectivity index (χ0) is 18.7. The summed E-state index contributed by atoms with van der Waals surface area (Å²) < 4.78 is 13.9. The zero-order valence-corrected chi connectivity index (χ0v) is 16.8. The molecule has 1 aliphatic heterocycles. The van der Waals surface area contributed by atoms with Gasteiger partial charge in [-0.25, -0.2) is 4.39 Å². The number of amides is 1. The Kier molecular flexibility index (Phi) is 6.53. The second kappa shape index (κ2) is 8.67. The molecule has 140 valence electrons. The summed E-state index contributed by atoms with van der Waals surface area (Å²) in [5.41, 5.74) is 0.447. The number of hydrogen-bond donors (Lipinski definition) is 3. The molecule has 1 atom stereocenters. The lowest BCUT2D eigenvalue weighted by molar-refractivity contribution is -1.02. The van der Waals surface area contributed by atoms with Gasteiger partial charge >= 0.3 is 0 Å². The second-order valence-corrected chi connectivity index (χ2v) is 8.83. The Bertz CT molecular complexity index is 778. The maximum absolute atomic E-state index is 13.1. The second-order valence-electron chi connectivity index (χ2n) is 6.63. The minimum Gasteiger partial charge on any atom is -0.321 e. The Labute approximate surface area is 166 Å². The molecule has 0 saturated carbocycles. The molecule has 3 rings (SSSR count). The topological polar surface area (TPSA) is 38.0 Å². The van der Waals surface area contributed by atoms with Crippen molar-refractivity contribution in [2.45, 2.75) is 19.5 Å². The van der Waals surface area contributed by atoms with Crippen molar-refractivity contribution in [3.8, 4) is 0 Å². The Morgan fingerprint density at radius 1 is 1.23 bits per heavy atom. The molecule has 2 aromatic rings. The van der Waals surface area contributed by atoms with Gasteiger partial charge in [0.2, 0.25) is 0 Å². The molecule has 26 heavy (non-hydrogen) atoms. The Balaban J connectivity index is 1.51. The van der Waals surface area contributed by atoms with E-state index in [1.54, 1.807) is 11.3 Å². The first-order valence-electron chi connectivity index (χ1n) is 8.60. The van der Waals surface area contributed by atoms with E-state index in [1.807, 2.05) is 13.0 Å². The maximum Gasteiger partial charge on any atom is 0.282 e. The molecule has 1 aromatic carbocycles. The van der Waals surface area contributed by atoms with E-state index in [-0.39, 0.29) is 17.0 Å². The molecule has 1 aromatic heterocycles. The fraction of sp³-hybridized carbons (Fsp3) is 0.389. The highest BCUT2D eigenvalue weighted by Gasteiger charge is 2.31. The van der Waals surface area contributed by atoms with Gasteiger partial charge in [-0.3, -0.25) is 4.79 Å². The average molecular weight is 418 g/mol. The molecule has 1 aliphatic rings. The van der Waals surface area contributed by atoms with Crippen LogP contribution in [-0.4, -0.2) is 38.1 Å². The van der Waals surface area contributed by atoms with Crippen molar-refractivity contribution in [2.24, 2.45) is 0 Å². The molecule has 0 unspecified atom stereocenters. The number of carbonyl (C=O) groups is 1. The number of anilines is 1. The van der Waals surface area contributed by atoms with Crippen LogP contribution < -0.4 is 15.1 Å². The Morgan fingerprint density at radius 3 is 2.58 bits per heavy atom. The smallest absolute Gasteiger partial charge is 0.282 e. The fourth-order valence-corrected chi connectivity index (χ4v) is 4.62. The van der Waals surface area contributed by atoms with Crippen LogP contribution in [0.2, 0.25) is 9.36 Å². The fourth-order valence-electron chi connectivity index (χ4n) is 3.24. The summed E-state index contributed by atoms with van der Waals surface area (Å²) in [5.74, 6) is -0.514. The van der Waals surface area contributed by atoms with Gasteiger partial charge in [0, 0.05) is 0 Å². The lowest BCUT2D eigenvalue weighted by Gasteiger charge is -2.32. The highest BCUT2D eigenvalue weighted by molar-refractivity contribution is 7.16. The van der Waals surface area contributed by atoms with Crippen molar-refractivity contribution < 1.29 is 19.0 Å². The lowest BCUT2D eigenvalue weighted by Crippen LogP contribution is -3.29. The monoisotopic (exact) mass is 417 g/mol. The summed E-state index contributed by atoms with van der Waals surface area (Å²) in [6.07, 6.45) is 0. The molecule has 1 saturated heterocycles. The summed E-state index contributed by atoms with van der Waals surface area (Å²) in [6.45, 7) is 6.79. The van der Waals surface area contributed by atoms with E-state index < -0.39 is 5.82 Å². The number of rotatable bonds is 5. The van der Waals surface area contributed by atoms with E-state index >= 15 is 0 Å². The number of carbonyl (C=O) groups excluding carboxylic acids is 1. The molecular weight excluding hydrogens is 396 g/mol. The van der Waals surface area contributed by atoms with Crippen LogP contribution in [0.3, 0.4) is 0 Å². The van der Waals surface area contributed by atoms with Gasteiger partial charge in [-0.1, -0.05) is 23.2 Å². The first-order chi connectivity index (χ1) is 12.4. The van der Waals surface area contributed by atoms with Crippen LogP contribution in [0.1, 0.15) is 11.8 Å². The first kappa shape index (κ1) is 19.6. The molecule has 0 spiro atoms. The van der Waals surface area contributed by atoms with Gasteiger partial charge < -0.3 is 15.1 Å². The predicted molar refractivity (Wildman–Crippen MR) is 104 cm³/mol. The number of thiophene rings is 1. The summed E-state index contributed by atoms with van der Waals surface area (Å²) in [7, 11) is 0. The quantitative estimate of drug-likeness (QED) is 0.677. The first-order valence-corrected chi connectivity index (χ1v) is 10.2. The van der Waals surface area contributed by atoms with Crippen LogP contribution >= 0.6 is 34.5 Å². The van der Waals surface area contributed by atoms with Crippen LogP contribution in [0.25, 0.3) is 0 Å². The van der Waals surface area contributed by atoms with Crippen molar-refractivity contribution in [1.82, 2.24) is 0 Å². The summed E-state index contributed by atoms with van der Waals surface area (Å²) in [5, 5.41) is 3.02. The summed E-state index contributed by atoms with van der Waals surface area (Å²) >= 11 is 13.6. The van der Waals surface area contributed by atoms with Crippen molar-refractivity contribution in [3.05, 3.63) is 50.4 Å². The van der Waals surface area contributed by atoms with E-state index in [4.69, 9.17) is 23.2 Å². The zero-order valence-electron chi connectivity index (χ0n) is 14.5. The molecule has 1 fully saturated rings. The van der Waals surface area contributed by atoms with Gasteiger partial charge in [-0.05, 0) is 37.3 Å². The van der Waals surface area contributed by atoms with Gasteiger partial charge in [0.05, 0.1) is 19.9 Å². The van der Waals surface area contributed by atoms with E-state index in [9.17, 15) is 9.18 Å². The third-order valence-electron chi connectivity index (χ3n) is 4.85. The third-order valence-corrected chi connectivity index (χ3v) is 6.39. The van der Waals surface area contributed by atoms with Crippen LogP contribution in [-0.2, 0) is 11.3 Å². The molecule has 2 heterocycles. The van der Waals surface area contributed by atoms with Crippen molar-refractivity contribution in [2.75, 3.05) is 31.5 Å². The lowest BCUT2D eigenvalue weighted by atomic mass is 10.2. The largest absolute Gasteiger partial charge is 0.321 e. The maximum atomic E-state index is 13.1. The highest BCUT2D eigenvalue weighted by Crippen LogP contribution is 2.22. The van der Waals surface area contributed by atoms with Crippen LogP contribution in [0.15, 0.2) is 30.3 Å². The molecule has 1 amide bonds. The molecule has 0 radical (unpaired) electrons. The van der Waals surface area contributed by atoms with Crippen molar-refractivity contribution >= 4 is 46.1 Å². The average Bonchev–Trinajstić information content (AvgIpc) is 3.02.